The smallest absolute Gasteiger partial charge is 0.207 e. The van der Waals surface area contributed by atoms with Crippen LogP contribution in [0, 0.1) is 12.8 Å². The number of sulfonamides is 1. The topological polar surface area (TPSA) is 37.4 Å². The number of hydrogen-bond acceptors (Lipinski definition) is 2. The lowest BCUT2D eigenvalue weighted by Crippen LogP contribution is -2.46. The van der Waals surface area contributed by atoms with E-state index in [4.69, 9.17) is 0 Å². The summed E-state index contributed by atoms with van der Waals surface area (Å²) in [6, 6.07) is 23.9. The van der Waals surface area contributed by atoms with Crippen LogP contribution in [0.4, 0.5) is 0 Å². The molecule has 0 aromatic heterocycles. The summed E-state index contributed by atoms with van der Waals surface area (Å²) < 4.78 is 30.3. The van der Waals surface area contributed by atoms with Crippen molar-refractivity contribution in [2.45, 2.75) is 43.0 Å². The molecule has 1 fully saturated rings. The molecular weight excluding hydrogens is 470 g/mol. The molecule has 0 saturated carbocycles. The van der Waals surface area contributed by atoms with Crippen LogP contribution in [-0.2, 0) is 16.4 Å². The molecule has 0 bridgehead atoms. The van der Waals surface area contributed by atoms with E-state index in [-0.39, 0.29) is 6.04 Å². The highest BCUT2D eigenvalue weighted by Crippen LogP contribution is 2.49. The fourth-order valence-electron chi connectivity index (χ4n) is 5.27. The second kappa shape index (κ2) is 8.19. The third-order valence-electron chi connectivity index (χ3n) is 6.93. The maximum atomic E-state index is 13.8. The third kappa shape index (κ3) is 3.88. The number of halogens is 1. The first-order chi connectivity index (χ1) is 14.9. The molecule has 1 aliphatic carbocycles. The molecule has 3 atom stereocenters. The Bertz CT molecular complexity index is 1190. The van der Waals surface area contributed by atoms with Crippen molar-refractivity contribution >= 4 is 26.0 Å². The van der Waals surface area contributed by atoms with Crippen LogP contribution in [0.2, 0.25) is 0 Å². The summed E-state index contributed by atoms with van der Waals surface area (Å²) in [6.45, 7) is 2.54. The molecule has 0 unspecified atom stereocenters. The second-order valence-corrected chi connectivity index (χ2v) is 11.6. The third-order valence-corrected chi connectivity index (χ3v) is 9.35. The zero-order valence-electron chi connectivity index (χ0n) is 17.5. The van der Waals surface area contributed by atoms with E-state index in [2.05, 4.69) is 52.3 Å². The van der Waals surface area contributed by atoms with Crippen molar-refractivity contribution in [2.24, 2.45) is 5.92 Å². The summed E-state index contributed by atoms with van der Waals surface area (Å²) in [5.74, 6) is 0.741. The maximum Gasteiger partial charge on any atom is 0.243 e. The summed E-state index contributed by atoms with van der Waals surface area (Å²) in [5, 5.41) is 0. The lowest BCUT2D eigenvalue weighted by Gasteiger charge is -2.46. The standard InChI is InChI=1S/C26H26BrNO2S/c1-18-6-14-23(15-7-18)31(29,30)28-17-21-9-8-19-4-2-3-5-24(19)25(21)16-26(28)20-10-12-22(27)13-11-20/h2-7,10-15,21,25-26H,8-9,16-17H2,1H3/t21-,25-,26-/m0/s1. The average molecular weight is 496 g/mol. The molecule has 3 aromatic rings. The summed E-state index contributed by atoms with van der Waals surface area (Å²) in [7, 11) is -3.59. The van der Waals surface area contributed by atoms with E-state index in [9.17, 15) is 8.42 Å². The van der Waals surface area contributed by atoms with Gasteiger partial charge >= 0.3 is 0 Å². The zero-order chi connectivity index (χ0) is 21.6. The van der Waals surface area contributed by atoms with Crippen LogP contribution in [0.1, 0.15) is 47.1 Å². The monoisotopic (exact) mass is 495 g/mol. The Morgan fingerprint density at radius 2 is 1.65 bits per heavy atom. The zero-order valence-corrected chi connectivity index (χ0v) is 19.9. The first-order valence-electron chi connectivity index (χ1n) is 10.9. The summed E-state index contributed by atoms with van der Waals surface area (Å²) in [6.07, 6.45) is 2.88. The van der Waals surface area contributed by atoms with Gasteiger partial charge in [0.15, 0.2) is 0 Å². The van der Waals surface area contributed by atoms with Gasteiger partial charge in [-0.1, -0.05) is 70.0 Å². The van der Waals surface area contributed by atoms with Crippen molar-refractivity contribution in [3.05, 3.63) is 99.5 Å². The van der Waals surface area contributed by atoms with E-state index < -0.39 is 10.0 Å². The molecule has 5 heteroatoms. The predicted molar refractivity (Wildman–Crippen MR) is 128 cm³/mol. The molecule has 3 aromatic carbocycles. The number of nitrogens with zero attached hydrogens (tertiary/aromatic N) is 1. The van der Waals surface area contributed by atoms with Gasteiger partial charge in [-0.2, -0.15) is 4.31 Å². The molecule has 3 nitrogen and oxygen atoms in total. The van der Waals surface area contributed by atoms with E-state index in [1.165, 1.54) is 11.1 Å². The Labute approximate surface area is 193 Å². The second-order valence-electron chi connectivity index (χ2n) is 8.79. The number of hydrogen-bond donors (Lipinski definition) is 0. The van der Waals surface area contributed by atoms with Gasteiger partial charge in [-0.25, -0.2) is 8.42 Å². The van der Waals surface area contributed by atoms with Crippen LogP contribution >= 0.6 is 15.9 Å². The highest BCUT2D eigenvalue weighted by molar-refractivity contribution is 9.10. The van der Waals surface area contributed by atoms with Crippen molar-refractivity contribution < 1.29 is 8.42 Å². The van der Waals surface area contributed by atoms with Crippen LogP contribution in [-0.4, -0.2) is 19.3 Å². The van der Waals surface area contributed by atoms with Gasteiger partial charge in [0, 0.05) is 11.0 Å². The lowest BCUT2D eigenvalue weighted by atomic mass is 9.69. The molecule has 1 heterocycles. The van der Waals surface area contributed by atoms with Gasteiger partial charge in [-0.15, -0.1) is 0 Å². The largest absolute Gasteiger partial charge is 0.243 e. The van der Waals surface area contributed by atoms with Crippen LogP contribution in [0.15, 0.2) is 82.2 Å². The highest BCUT2D eigenvalue weighted by atomic mass is 79.9. The predicted octanol–water partition coefficient (Wildman–Crippen LogP) is 6.24. The van der Waals surface area contributed by atoms with E-state index >= 15 is 0 Å². The average Bonchev–Trinajstić information content (AvgIpc) is 2.79. The van der Waals surface area contributed by atoms with Gasteiger partial charge in [0.2, 0.25) is 10.0 Å². The Hall–Kier alpha value is -1.95. The normalized spacial score (nSPS) is 23.7. The Morgan fingerprint density at radius 1 is 0.935 bits per heavy atom. The first-order valence-corrected chi connectivity index (χ1v) is 13.1. The fourth-order valence-corrected chi connectivity index (χ4v) is 7.22. The van der Waals surface area contributed by atoms with E-state index in [0.29, 0.717) is 23.3 Å². The summed E-state index contributed by atoms with van der Waals surface area (Å²) in [4.78, 5) is 0.384. The van der Waals surface area contributed by atoms with Crippen LogP contribution in [0.3, 0.4) is 0 Å². The molecule has 2 aliphatic rings. The molecule has 5 rings (SSSR count). The van der Waals surface area contributed by atoms with Gasteiger partial charge in [-0.05, 0) is 79.0 Å². The molecule has 160 valence electrons. The van der Waals surface area contributed by atoms with Crippen LogP contribution in [0.5, 0.6) is 0 Å². The van der Waals surface area contributed by atoms with Gasteiger partial charge in [0.25, 0.3) is 0 Å². The Balaban J connectivity index is 1.58. The minimum atomic E-state index is -3.59. The highest BCUT2D eigenvalue weighted by Gasteiger charge is 2.44. The number of aryl methyl sites for hydroxylation is 2. The van der Waals surface area contributed by atoms with E-state index in [0.717, 1.165) is 34.9 Å². The SMILES string of the molecule is Cc1ccc(S(=O)(=O)N2C[C@@H]3CCc4ccccc4[C@H]3C[C@H]2c2ccc(Br)cc2)cc1. The van der Waals surface area contributed by atoms with Gasteiger partial charge in [0.1, 0.15) is 0 Å². The van der Waals surface area contributed by atoms with Gasteiger partial charge in [-0.3, -0.25) is 0 Å². The Morgan fingerprint density at radius 3 is 2.39 bits per heavy atom. The fraction of sp³-hybridized carbons (Fsp3) is 0.308. The van der Waals surface area contributed by atoms with Crippen molar-refractivity contribution in [3.8, 4) is 0 Å². The number of benzene rings is 3. The van der Waals surface area contributed by atoms with Crippen molar-refractivity contribution in [3.63, 3.8) is 0 Å². The number of rotatable bonds is 3. The maximum absolute atomic E-state index is 13.8. The minimum Gasteiger partial charge on any atom is -0.207 e. The molecular formula is C26H26BrNO2S. The molecule has 1 saturated heterocycles. The summed E-state index contributed by atoms with van der Waals surface area (Å²) >= 11 is 3.51. The van der Waals surface area contributed by atoms with Crippen molar-refractivity contribution in [2.75, 3.05) is 6.54 Å². The molecule has 31 heavy (non-hydrogen) atoms. The quantitative estimate of drug-likeness (QED) is 0.431. The molecule has 0 amide bonds. The number of fused-ring (bicyclic) bond motifs is 3. The molecule has 0 radical (unpaired) electrons. The molecule has 1 aliphatic heterocycles. The molecule has 0 spiro atoms. The molecule has 0 N–H and O–H groups in total. The van der Waals surface area contributed by atoms with Crippen LogP contribution < -0.4 is 0 Å². The first kappa shape index (κ1) is 20.9. The summed E-state index contributed by atoms with van der Waals surface area (Å²) in [5.41, 5.74) is 4.95. The van der Waals surface area contributed by atoms with Crippen molar-refractivity contribution in [1.82, 2.24) is 4.31 Å². The van der Waals surface area contributed by atoms with Gasteiger partial charge in [0.05, 0.1) is 10.9 Å². The Kier molecular flexibility index (Phi) is 5.53. The lowest BCUT2D eigenvalue weighted by molar-refractivity contribution is 0.156. The van der Waals surface area contributed by atoms with Crippen LogP contribution in [0.25, 0.3) is 0 Å². The van der Waals surface area contributed by atoms with E-state index in [1.54, 1.807) is 16.4 Å². The number of piperidine rings is 1. The van der Waals surface area contributed by atoms with E-state index in [1.807, 2.05) is 31.2 Å². The van der Waals surface area contributed by atoms with Gasteiger partial charge < -0.3 is 0 Å². The van der Waals surface area contributed by atoms with Crippen molar-refractivity contribution in [1.29, 1.82) is 0 Å². The minimum absolute atomic E-state index is 0.174.